The molecule has 0 heterocycles. The van der Waals surface area contributed by atoms with Crippen LogP contribution in [-0.2, 0) is 0 Å². The van der Waals surface area contributed by atoms with Crippen molar-refractivity contribution in [3.05, 3.63) is 0 Å². The van der Waals surface area contributed by atoms with Crippen molar-refractivity contribution in [1.82, 2.24) is 0 Å². The molecule has 0 aromatic heterocycles. The lowest BCUT2D eigenvalue weighted by atomic mass is 10.4. The van der Waals surface area contributed by atoms with Gasteiger partial charge in [-0.1, -0.05) is 31.0 Å². The van der Waals surface area contributed by atoms with Crippen LogP contribution >= 0.6 is 11.8 Å². The van der Waals surface area contributed by atoms with Crippen molar-refractivity contribution in [2.75, 3.05) is 12.4 Å². The fraction of sp³-hybridized carbons (Fsp3) is 0.750. The zero-order chi connectivity index (χ0) is 7.66. The van der Waals surface area contributed by atoms with Gasteiger partial charge in [-0.25, -0.2) is 0 Å². The summed E-state index contributed by atoms with van der Waals surface area (Å²) in [5.41, 5.74) is 0. The minimum absolute atomic E-state index is 0.182. The van der Waals surface area contributed by atoms with Gasteiger partial charge in [0.15, 0.2) is 0 Å². The van der Waals surface area contributed by atoms with Gasteiger partial charge in [-0.05, 0) is 11.7 Å². The maximum atomic E-state index is 8.36. The van der Waals surface area contributed by atoms with Crippen LogP contribution in [0.5, 0.6) is 0 Å². The highest BCUT2D eigenvalue weighted by molar-refractivity contribution is 8.03. The molecule has 0 aliphatic rings. The first-order valence-electron chi connectivity index (χ1n) is 3.62. The van der Waals surface area contributed by atoms with Crippen LogP contribution in [-0.4, -0.2) is 17.5 Å². The molecule has 0 spiro atoms. The fourth-order valence-electron chi connectivity index (χ4n) is 0.426. The van der Waals surface area contributed by atoms with E-state index < -0.39 is 0 Å². The normalized spacial score (nSPS) is 8.60. The number of hydrogen-bond donors (Lipinski definition) is 1. The molecular formula is C8H14OS. The Kier molecular flexibility index (Phi) is 8.75. The van der Waals surface area contributed by atoms with E-state index in [1.807, 2.05) is 0 Å². The van der Waals surface area contributed by atoms with E-state index >= 15 is 0 Å². The van der Waals surface area contributed by atoms with Crippen molar-refractivity contribution in [3.8, 4) is 11.2 Å². The standard InChI is InChI=1S/C8H14OS/c1-2-3-7-10-8-5-4-6-9/h9H,2-4,6-7H2,1H3. The first-order valence-corrected chi connectivity index (χ1v) is 4.61. The van der Waals surface area contributed by atoms with Gasteiger partial charge in [0, 0.05) is 12.2 Å². The van der Waals surface area contributed by atoms with E-state index in [-0.39, 0.29) is 6.61 Å². The zero-order valence-corrected chi connectivity index (χ0v) is 7.21. The minimum atomic E-state index is 0.182. The van der Waals surface area contributed by atoms with E-state index in [1.54, 1.807) is 11.8 Å². The van der Waals surface area contributed by atoms with Gasteiger partial charge in [0.2, 0.25) is 0 Å². The smallest absolute Gasteiger partial charge is 0.0540 e. The Balaban J connectivity index is 2.96. The van der Waals surface area contributed by atoms with Gasteiger partial charge in [-0.2, -0.15) is 0 Å². The molecule has 0 aliphatic carbocycles. The molecule has 0 radical (unpaired) electrons. The first-order chi connectivity index (χ1) is 4.91. The van der Waals surface area contributed by atoms with Gasteiger partial charge < -0.3 is 5.11 Å². The Morgan fingerprint density at radius 1 is 1.50 bits per heavy atom. The lowest BCUT2D eigenvalue weighted by Crippen LogP contribution is -1.76. The molecule has 0 amide bonds. The van der Waals surface area contributed by atoms with Crippen molar-refractivity contribution < 1.29 is 5.11 Å². The molecule has 0 bridgehead atoms. The van der Waals surface area contributed by atoms with Gasteiger partial charge in [-0.15, -0.1) is 0 Å². The van der Waals surface area contributed by atoms with Crippen LogP contribution < -0.4 is 0 Å². The van der Waals surface area contributed by atoms with Crippen LogP contribution in [0.15, 0.2) is 0 Å². The van der Waals surface area contributed by atoms with Gasteiger partial charge in [0.25, 0.3) is 0 Å². The molecule has 1 N–H and O–H groups in total. The van der Waals surface area contributed by atoms with E-state index in [0.717, 1.165) is 5.75 Å². The number of thioether (sulfide) groups is 1. The highest BCUT2D eigenvalue weighted by Crippen LogP contribution is 2.00. The summed E-state index contributed by atoms with van der Waals surface area (Å²) in [6.45, 7) is 2.35. The quantitative estimate of drug-likeness (QED) is 0.498. The fourth-order valence-corrected chi connectivity index (χ4v) is 1.16. The van der Waals surface area contributed by atoms with E-state index in [4.69, 9.17) is 5.11 Å². The molecule has 0 saturated carbocycles. The van der Waals surface area contributed by atoms with E-state index in [1.165, 1.54) is 12.8 Å². The van der Waals surface area contributed by atoms with Crippen LogP contribution in [0.2, 0.25) is 0 Å². The number of unbranched alkanes of at least 4 members (excludes halogenated alkanes) is 1. The summed E-state index contributed by atoms with van der Waals surface area (Å²) in [7, 11) is 0. The monoisotopic (exact) mass is 158 g/mol. The SMILES string of the molecule is CCCCSC#CCCO. The predicted molar refractivity (Wildman–Crippen MR) is 46.8 cm³/mol. The number of rotatable bonds is 4. The molecule has 0 rings (SSSR count). The summed E-state index contributed by atoms with van der Waals surface area (Å²) in [5, 5.41) is 11.3. The molecule has 58 valence electrons. The Hall–Kier alpha value is -0.130. The van der Waals surface area contributed by atoms with E-state index in [9.17, 15) is 0 Å². The summed E-state index contributed by atoms with van der Waals surface area (Å²) in [6.07, 6.45) is 3.08. The Labute approximate surface area is 67.2 Å². The predicted octanol–water partition coefficient (Wildman–Crippen LogP) is 1.86. The molecule has 0 aliphatic heterocycles. The molecule has 0 atom stereocenters. The highest BCUT2D eigenvalue weighted by atomic mass is 32.2. The molecule has 0 aromatic rings. The van der Waals surface area contributed by atoms with Crippen molar-refractivity contribution in [3.63, 3.8) is 0 Å². The number of aliphatic hydroxyl groups is 1. The van der Waals surface area contributed by atoms with Crippen LogP contribution in [0.25, 0.3) is 0 Å². The summed E-state index contributed by atoms with van der Waals surface area (Å²) >= 11 is 1.65. The van der Waals surface area contributed by atoms with Crippen LogP contribution in [0, 0.1) is 11.2 Å². The largest absolute Gasteiger partial charge is 0.395 e. The third kappa shape index (κ3) is 7.87. The highest BCUT2D eigenvalue weighted by Gasteiger charge is 1.80. The van der Waals surface area contributed by atoms with Crippen molar-refractivity contribution in [2.24, 2.45) is 0 Å². The Morgan fingerprint density at radius 2 is 2.30 bits per heavy atom. The molecule has 0 fully saturated rings. The van der Waals surface area contributed by atoms with Gasteiger partial charge in [0.1, 0.15) is 0 Å². The van der Waals surface area contributed by atoms with Crippen LogP contribution in [0.3, 0.4) is 0 Å². The number of aliphatic hydroxyl groups excluding tert-OH is 1. The maximum Gasteiger partial charge on any atom is 0.0540 e. The summed E-state index contributed by atoms with van der Waals surface area (Å²) in [6, 6.07) is 0. The average Bonchev–Trinajstić information content (AvgIpc) is 1.97. The van der Waals surface area contributed by atoms with Crippen molar-refractivity contribution in [1.29, 1.82) is 0 Å². The van der Waals surface area contributed by atoms with Crippen LogP contribution in [0.4, 0.5) is 0 Å². The Morgan fingerprint density at radius 3 is 2.90 bits per heavy atom. The molecule has 1 nitrogen and oxygen atoms in total. The average molecular weight is 158 g/mol. The van der Waals surface area contributed by atoms with Crippen molar-refractivity contribution >= 4 is 11.8 Å². The molecule has 0 saturated heterocycles. The third-order valence-electron chi connectivity index (χ3n) is 0.981. The topological polar surface area (TPSA) is 20.2 Å². The number of hydrogen-bond acceptors (Lipinski definition) is 2. The molecular weight excluding hydrogens is 144 g/mol. The molecule has 0 aromatic carbocycles. The molecule has 2 heteroatoms. The first kappa shape index (κ1) is 9.87. The maximum absolute atomic E-state index is 8.36. The van der Waals surface area contributed by atoms with Gasteiger partial charge in [-0.3, -0.25) is 0 Å². The summed E-state index contributed by atoms with van der Waals surface area (Å²) < 4.78 is 0. The summed E-state index contributed by atoms with van der Waals surface area (Å²) in [4.78, 5) is 0. The van der Waals surface area contributed by atoms with Crippen LogP contribution in [0.1, 0.15) is 26.2 Å². The zero-order valence-electron chi connectivity index (χ0n) is 6.39. The second kappa shape index (κ2) is 8.87. The lowest BCUT2D eigenvalue weighted by molar-refractivity contribution is 0.305. The van der Waals surface area contributed by atoms with E-state index in [2.05, 4.69) is 18.1 Å². The van der Waals surface area contributed by atoms with E-state index in [0.29, 0.717) is 6.42 Å². The van der Waals surface area contributed by atoms with Crippen molar-refractivity contribution in [2.45, 2.75) is 26.2 Å². The summed E-state index contributed by atoms with van der Waals surface area (Å²) in [5.74, 6) is 3.98. The van der Waals surface area contributed by atoms with Gasteiger partial charge >= 0.3 is 0 Å². The lowest BCUT2D eigenvalue weighted by Gasteiger charge is -1.87. The minimum Gasteiger partial charge on any atom is -0.395 e. The molecule has 0 unspecified atom stereocenters. The third-order valence-corrected chi connectivity index (χ3v) is 1.76. The molecule has 10 heavy (non-hydrogen) atoms. The Bertz CT molecular complexity index is 112. The van der Waals surface area contributed by atoms with Gasteiger partial charge in [0.05, 0.1) is 6.61 Å². The second-order valence-electron chi connectivity index (χ2n) is 1.95. The second-order valence-corrected chi connectivity index (χ2v) is 2.86.